The number of nitrogen functional groups attached to an aromatic ring is 1. The minimum Gasteiger partial charge on any atom is -0.389 e. The fraction of sp³-hybridized carbons (Fsp3) is 0.750. The predicted molar refractivity (Wildman–Crippen MR) is 82.9 cm³/mol. The zero-order valence-electron chi connectivity index (χ0n) is 13.3. The van der Waals surface area contributed by atoms with Crippen LogP contribution in [0.5, 0.6) is 0 Å². The van der Waals surface area contributed by atoms with Gasteiger partial charge in [0.25, 0.3) is 0 Å². The number of likely N-dealkylation sites (N-methyl/N-ethyl adjacent to an activating group) is 2. The number of anilines is 2. The first-order chi connectivity index (χ1) is 11.1. The van der Waals surface area contributed by atoms with E-state index in [-0.39, 0.29) is 24.1 Å². The van der Waals surface area contributed by atoms with E-state index in [2.05, 4.69) is 19.9 Å². The molecule has 1 rings (SSSR count). The smallest absolute Gasteiger partial charge is 0.389 e. The van der Waals surface area contributed by atoms with Crippen LogP contribution in [0.25, 0.3) is 0 Å². The van der Waals surface area contributed by atoms with Gasteiger partial charge in [0, 0.05) is 26.7 Å². The summed E-state index contributed by atoms with van der Waals surface area (Å²) >= 11 is 5.64. The van der Waals surface area contributed by atoms with Crippen molar-refractivity contribution in [2.24, 2.45) is 0 Å². The van der Waals surface area contributed by atoms with E-state index >= 15 is 0 Å². The first-order valence-electron chi connectivity index (χ1n) is 6.96. The van der Waals surface area contributed by atoms with E-state index < -0.39 is 18.9 Å². The molecule has 0 fully saturated rings. The van der Waals surface area contributed by atoms with Crippen LogP contribution in [-0.4, -0.2) is 84.4 Å². The van der Waals surface area contributed by atoms with Gasteiger partial charge in [0.2, 0.25) is 5.95 Å². The summed E-state index contributed by atoms with van der Waals surface area (Å²) in [5.41, 5.74) is 5.55. The van der Waals surface area contributed by atoms with E-state index in [0.29, 0.717) is 19.0 Å². The van der Waals surface area contributed by atoms with Gasteiger partial charge in [-0.1, -0.05) is 11.6 Å². The Kier molecular flexibility index (Phi) is 7.87. The lowest BCUT2D eigenvalue weighted by atomic mass is 10.3. The molecule has 0 aliphatic rings. The number of nitrogens with two attached hydrogens (primary N) is 1. The van der Waals surface area contributed by atoms with Crippen molar-refractivity contribution in [3.05, 3.63) is 5.15 Å². The molecule has 0 radical (unpaired) electrons. The Morgan fingerprint density at radius 1 is 1.29 bits per heavy atom. The van der Waals surface area contributed by atoms with Crippen LogP contribution in [-0.2, 0) is 4.74 Å². The second kappa shape index (κ2) is 9.16. The number of aromatic nitrogens is 3. The molecule has 0 saturated heterocycles. The van der Waals surface area contributed by atoms with Crippen molar-refractivity contribution in [2.45, 2.75) is 12.3 Å². The van der Waals surface area contributed by atoms with E-state index in [4.69, 9.17) is 17.3 Å². The lowest BCUT2D eigenvalue weighted by Gasteiger charge is -2.24. The highest BCUT2D eigenvalue weighted by atomic mass is 35.5. The summed E-state index contributed by atoms with van der Waals surface area (Å²) in [6.07, 6.45) is -5.42. The van der Waals surface area contributed by atoms with Crippen LogP contribution in [0.3, 0.4) is 0 Å². The predicted octanol–water partition coefficient (Wildman–Crippen LogP) is 0.415. The van der Waals surface area contributed by atoms with Gasteiger partial charge in [0.15, 0.2) is 11.0 Å². The van der Waals surface area contributed by atoms with Crippen molar-refractivity contribution in [2.75, 3.05) is 57.6 Å². The summed E-state index contributed by atoms with van der Waals surface area (Å²) in [5, 5.41) is 17.1. The fourth-order valence-corrected chi connectivity index (χ4v) is 1.79. The first kappa shape index (κ1) is 20.6. The number of ether oxygens (including phenoxy) is 1. The maximum absolute atomic E-state index is 11.9. The van der Waals surface area contributed by atoms with E-state index in [9.17, 15) is 18.3 Å². The zero-order chi connectivity index (χ0) is 18.3. The molecule has 24 heavy (non-hydrogen) atoms. The molecule has 1 atom stereocenters. The molecule has 8 nitrogen and oxygen atoms in total. The van der Waals surface area contributed by atoms with E-state index in [0.717, 1.165) is 0 Å². The van der Waals surface area contributed by atoms with Crippen LogP contribution in [0.15, 0.2) is 0 Å². The molecule has 0 amide bonds. The number of aliphatic hydroxyl groups excluding tert-OH is 1. The van der Waals surface area contributed by atoms with Crippen LogP contribution in [0, 0.1) is 0 Å². The van der Waals surface area contributed by atoms with Crippen molar-refractivity contribution in [1.29, 1.82) is 0 Å². The Hall–Kier alpha value is -1.43. The summed E-state index contributed by atoms with van der Waals surface area (Å²) in [4.78, 5) is 7.40. The molecular weight excluding hydrogens is 353 g/mol. The Morgan fingerprint density at radius 3 is 2.54 bits per heavy atom. The molecule has 3 N–H and O–H groups in total. The maximum Gasteiger partial charge on any atom is 0.411 e. The molecule has 12 heteroatoms. The normalized spacial score (nSPS) is 13.3. The van der Waals surface area contributed by atoms with E-state index in [1.807, 2.05) is 0 Å². The number of aliphatic hydroxyl groups is 1. The van der Waals surface area contributed by atoms with Gasteiger partial charge in [-0.3, -0.25) is 0 Å². The molecule has 1 aromatic heterocycles. The third-order valence-corrected chi connectivity index (χ3v) is 3.19. The molecule has 0 saturated carbocycles. The number of rotatable bonds is 9. The van der Waals surface area contributed by atoms with Gasteiger partial charge >= 0.3 is 6.18 Å². The van der Waals surface area contributed by atoms with Gasteiger partial charge in [-0.2, -0.15) is 18.2 Å². The third kappa shape index (κ3) is 7.90. The molecule has 0 bridgehead atoms. The SMILES string of the molecule is CN(CCN(C)c1nnc(Cl)c(N)n1)CC(O)COCC(F)(F)F. The van der Waals surface area contributed by atoms with Crippen LogP contribution in [0.2, 0.25) is 5.15 Å². The number of nitrogens with zero attached hydrogens (tertiary/aromatic N) is 5. The monoisotopic (exact) mass is 372 g/mol. The molecule has 1 heterocycles. The van der Waals surface area contributed by atoms with Crippen molar-refractivity contribution in [3.8, 4) is 0 Å². The summed E-state index contributed by atoms with van der Waals surface area (Å²) in [6, 6.07) is 0. The minimum atomic E-state index is -4.40. The number of alkyl halides is 3. The summed E-state index contributed by atoms with van der Waals surface area (Å²) in [5.74, 6) is 0.360. The second-order valence-corrected chi connectivity index (χ2v) is 5.61. The van der Waals surface area contributed by atoms with Gasteiger partial charge in [-0.15, -0.1) is 10.2 Å². The highest BCUT2D eigenvalue weighted by molar-refractivity contribution is 6.31. The van der Waals surface area contributed by atoms with Gasteiger partial charge in [-0.05, 0) is 7.05 Å². The van der Waals surface area contributed by atoms with Crippen LogP contribution >= 0.6 is 11.6 Å². The Labute approximate surface area is 142 Å². The Balaban J connectivity index is 2.31. The topological polar surface area (TPSA) is 101 Å². The van der Waals surface area contributed by atoms with Gasteiger partial charge in [0.1, 0.15) is 6.61 Å². The first-order valence-corrected chi connectivity index (χ1v) is 7.34. The van der Waals surface area contributed by atoms with Crippen molar-refractivity contribution in [1.82, 2.24) is 20.1 Å². The number of hydrogen-bond acceptors (Lipinski definition) is 8. The Morgan fingerprint density at radius 2 is 1.96 bits per heavy atom. The van der Waals surface area contributed by atoms with Crippen LogP contribution < -0.4 is 10.6 Å². The quantitative estimate of drug-likeness (QED) is 0.643. The minimum absolute atomic E-state index is 0.0197. The molecule has 1 unspecified atom stereocenters. The molecule has 138 valence electrons. The molecular formula is C12H20ClF3N6O2. The van der Waals surface area contributed by atoms with Crippen LogP contribution in [0.4, 0.5) is 24.9 Å². The average molecular weight is 373 g/mol. The highest BCUT2D eigenvalue weighted by Crippen LogP contribution is 2.15. The van der Waals surface area contributed by atoms with Crippen molar-refractivity contribution in [3.63, 3.8) is 0 Å². The van der Waals surface area contributed by atoms with Crippen LogP contribution in [0.1, 0.15) is 0 Å². The third-order valence-electron chi connectivity index (χ3n) is 2.92. The Bertz CT molecular complexity index is 522. The van der Waals surface area contributed by atoms with Gasteiger partial charge in [0.05, 0.1) is 12.7 Å². The van der Waals surface area contributed by atoms with Gasteiger partial charge < -0.3 is 25.4 Å². The molecule has 0 aromatic carbocycles. The van der Waals surface area contributed by atoms with E-state index in [1.54, 1.807) is 23.9 Å². The average Bonchev–Trinajstić information content (AvgIpc) is 2.46. The van der Waals surface area contributed by atoms with E-state index in [1.165, 1.54) is 0 Å². The van der Waals surface area contributed by atoms with Gasteiger partial charge in [-0.25, -0.2) is 0 Å². The largest absolute Gasteiger partial charge is 0.411 e. The van der Waals surface area contributed by atoms with Crippen molar-refractivity contribution >= 4 is 23.4 Å². The lowest BCUT2D eigenvalue weighted by Crippen LogP contribution is -2.38. The summed E-state index contributed by atoms with van der Waals surface area (Å²) < 4.78 is 40.2. The molecule has 1 aromatic rings. The standard InChI is InChI=1S/C12H20ClF3N6O2/c1-21(5-8(23)6-24-7-12(14,15)16)3-4-22(2)11-18-10(17)9(13)19-20-11/h8,23H,3-7H2,1-2H3,(H2,17,18,20). The lowest BCUT2D eigenvalue weighted by molar-refractivity contribution is -0.179. The zero-order valence-corrected chi connectivity index (χ0v) is 14.0. The molecule has 0 spiro atoms. The molecule has 0 aliphatic heterocycles. The fourth-order valence-electron chi connectivity index (χ4n) is 1.71. The summed E-state index contributed by atoms with van der Waals surface area (Å²) in [6.45, 7) is -0.624. The maximum atomic E-state index is 11.9. The molecule has 0 aliphatic carbocycles. The second-order valence-electron chi connectivity index (χ2n) is 5.26. The number of halogens is 4. The number of hydrogen-bond donors (Lipinski definition) is 2. The van der Waals surface area contributed by atoms with Crippen molar-refractivity contribution < 1.29 is 23.0 Å². The highest BCUT2D eigenvalue weighted by Gasteiger charge is 2.27. The summed E-state index contributed by atoms with van der Waals surface area (Å²) in [7, 11) is 3.44.